The van der Waals surface area contributed by atoms with Crippen molar-refractivity contribution in [2.24, 2.45) is 0 Å². The Kier molecular flexibility index (Phi) is 5.39. The molecule has 1 aromatic carbocycles. The standard InChI is InChI=1S/C11H19N3O3S/c1-9(2)14-18(15,16)13-7-8-17-11-6-4-3-5-10(11)12/h3-6,9,13-14H,7-8,12H2,1-2H3. The van der Waals surface area contributed by atoms with Crippen molar-refractivity contribution in [2.75, 3.05) is 18.9 Å². The van der Waals surface area contributed by atoms with E-state index in [0.717, 1.165) is 0 Å². The molecular formula is C11H19N3O3S. The Morgan fingerprint density at radius 1 is 1.33 bits per heavy atom. The first-order valence-electron chi connectivity index (χ1n) is 5.65. The fourth-order valence-electron chi connectivity index (χ4n) is 1.30. The third-order valence-electron chi connectivity index (χ3n) is 1.96. The Bertz CT molecular complexity index is 474. The zero-order valence-corrected chi connectivity index (χ0v) is 11.3. The van der Waals surface area contributed by atoms with Crippen LogP contribution in [-0.4, -0.2) is 27.6 Å². The molecule has 0 aliphatic rings. The van der Waals surface area contributed by atoms with Crippen LogP contribution in [0, 0.1) is 0 Å². The van der Waals surface area contributed by atoms with E-state index in [1.807, 2.05) is 0 Å². The maximum atomic E-state index is 11.4. The highest BCUT2D eigenvalue weighted by molar-refractivity contribution is 7.87. The molecule has 0 amide bonds. The lowest BCUT2D eigenvalue weighted by Crippen LogP contribution is -2.41. The molecule has 0 unspecified atom stereocenters. The first kappa shape index (κ1) is 14.7. The van der Waals surface area contributed by atoms with Gasteiger partial charge in [0, 0.05) is 12.6 Å². The lowest BCUT2D eigenvalue weighted by atomic mass is 10.3. The third-order valence-corrected chi connectivity index (χ3v) is 3.33. The van der Waals surface area contributed by atoms with E-state index in [-0.39, 0.29) is 19.2 Å². The first-order valence-corrected chi connectivity index (χ1v) is 7.13. The molecule has 0 aromatic heterocycles. The van der Waals surface area contributed by atoms with Crippen molar-refractivity contribution < 1.29 is 13.2 Å². The van der Waals surface area contributed by atoms with Crippen LogP contribution in [0.15, 0.2) is 24.3 Å². The van der Waals surface area contributed by atoms with Gasteiger partial charge in [-0.05, 0) is 26.0 Å². The smallest absolute Gasteiger partial charge is 0.277 e. The molecule has 7 heteroatoms. The Morgan fingerprint density at radius 2 is 2.00 bits per heavy atom. The van der Waals surface area contributed by atoms with Crippen LogP contribution >= 0.6 is 0 Å². The van der Waals surface area contributed by atoms with Crippen molar-refractivity contribution in [3.8, 4) is 5.75 Å². The number of nitrogens with one attached hydrogen (secondary N) is 2. The molecule has 1 aromatic rings. The lowest BCUT2D eigenvalue weighted by molar-refractivity contribution is 0.324. The van der Waals surface area contributed by atoms with E-state index in [1.165, 1.54) is 0 Å². The molecule has 0 fully saturated rings. The van der Waals surface area contributed by atoms with Gasteiger partial charge >= 0.3 is 0 Å². The fraction of sp³-hybridized carbons (Fsp3) is 0.455. The van der Waals surface area contributed by atoms with Gasteiger partial charge in [0.25, 0.3) is 10.2 Å². The van der Waals surface area contributed by atoms with Crippen LogP contribution in [0.3, 0.4) is 0 Å². The van der Waals surface area contributed by atoms with E-state index < -0.39 is 10.2 Å². The molecule has 0 aliphatic carbocycles. The van der Waals surface area contributed by atoms with Gasteiger partial charge in [-0.1, -0.05) is 12.1 Å². The molecule has 1 rings (SSSR count). The highest BCUT2D eigenvalue weighted by Crippen LogP contribution is 2.19. The number of nitrogens with two attached hydrogens (primary N) is 1. The predicted octanol–water partition coefficient (Wildman–Crippen LogP) is 0.480. The second kappa shape index (κ2) is 6.58. The highest BCUT2D eigenvalue weighted by atomic mass is 32.2. The van der Waals surface area contributed by atoms with Gasteiger partial charge in [0.1, 0.15) is 12.4 Å². The van der Waals surface area contributed by atoms with Crippen LogP contribution in [0.25, 0.3) is 0 Å². The highest BCUT2D eigenvalue weighted by Gasteiger charge is 2.10. The summed E-state index contributed by atoms with van der Waals surface area (Å²) in [5.74, 6) is 0.550. The van der Waals surface area contributed by atoms with Gasteiger partial charge in [-0.25, -0.2) is 0 Å². The summed E-state index contributed by atoms with van der Waals surface area (Å²) in [6.07, 6.45) is 0. The minimum Gasteiger partial charge on any atom is -0.490 e. The summed E-state index contributed by atoms with van der Waals surface area (Å²) in [4.78, 5) is 0. The molecular weight excluding hydrogens is 254 g/mol. The van der Waals surface area contributed by atoms with Crippen LogP contribution in [-0.2, 0) is 10.2 Å². The van der Waals surface area contributed by atoms with Gasteiger partial charge < -0.3 is 10.5 Å². The first-order chi connectivity index (χ1) is 8.41. The number of rotatable bonds is 7. The maximum absolute atomic E-state index is 11.4. The van der Waals surface area contributed by atoms with Gasteiger partial charge in [-0.2, -0.15) is 17.9 Å². The van der Waals surface area contributed by atoms with Crippen molar-refractivity contribution in [1.29, 1.82) is 0 Å². The van der Waals surface area contributed by atoms with Gasteiger partial charge in [0.15, 0.2) is 0 Å². The molecule has 0 radical (unpaired) electrons. The molecule has 0 bridgehead atoms. The second-order valence-electron chi connectivity index (χ2n) is 4.06. The van der Waals surface area contributed by atoms with Crippen molar-refractivity contribution in [3.05, 3.63) is 24.3 Å². The van der Waals surface area contributed by atoms with Crippen LogP contribution < -0.4 is 19.9 Å². The van der Waals surface area contributed by atoms with E-state index in [2.05, 4.69) is 9.44 Å². The average Bonchev–Trinajstić information content (AvgIpc) is 2.25. The Morgan fingerprint density at radius 3 is 2.61 bits per heavy atom. The summed E-state index contributed by atoms with van der Waals surface area (Å²) in [6.45, 7) is 3.89. The molecule has 0 heterocycles. The number of benzene rings is 1. The van der Waals surface area contributed by atoms with Crippen molar-refractivity contribution in [3.63, 3.8) is 0 Å². The Labute approximate surface area is 108 Å². The largest absolute Gasteiger partial charge is 0.490 e. The Balaban J connectivity index is 2.33. The SMILES string of the molecule is CC(C)NS(=O)(=O)NCCOc1ccccc1N. The minimum atomic E-state index is -3.46. The normalized spacial score (nSPS) is 11.7. The number of hydrogen-bond acceptors (Lipinski definition) is 4. The molecule has 0 saturated heterocycles. The lowest BCUT2D eigenvalue weighted by Gasteiger charge is -2.12. The number of anilines is 1. The van der Waals surface area contributed by atoms with Gasteiger partial charge in [0.2, 0.25) is 0 Å². The number of para-hydroxylation sites is 2. The average molecular weight is 273 g/mol. The fourth-order valence-corrected chi connectivity index (χ4v) is 2.36. The molecule has 6 nitrogen and oxygen atoms in total. The summed E-state index contributed by atoms with van der Waals surface area (Å²) in [6, 6.07) is 6.91. The number of ether oxygens (including phenoxy) is 1. The van der Waals surface area contributed by atoms with Crippen LogP contribution in [0.1, 0.15) is 13.8 Å². The van der Waals surface area contributed by atoms with Crippen molar-refractivity contribution >= 4 is 15.9 Å². The van der Waals surface area contributed by atoms with Crippen LogP contribution in [0.5, 0.6) is 5.75 Å². The third kappa shape index (κ3) is 5.35. The van der Waals surface area contributed by atoms with Crippen molar-refractivity contribution in [1.82, 2.24) is 9.44 Å². The quantitative estimate of drug-likeness (QED) is 0.497. The van der Waals surface area contributed by atoms with Crippen LogP contribution in [0.2, 0.25) is 0 Å². The Hall–Kier alpha value is -1.31. The van der Waals surface area contributed by atoms with E-state index >= 15 is 0 Å². The van der Waals surface area contributed by atoms with E-state index in [1.54, 1.807) is 38.1 Å². The molecule has 0 saturated carbocycles. The number of hydrogen-bond donors (Lipinski definition) is 3. The topological polar surface area (TPSA) is 93.5 Å². The molecule has 4 N–H and O–H groups in total. The van der Waals surface area contributed by atoms with Gasteiger partial charge in [-0.15, -0.1) is 0 Å². The molecule has 0 spiro atoms. The summed E-state index contributed by atoms with van der Waals surface area (Å²) in [7, 11) is -3.46. The molecule has 0 atom stereocenters. The molecule has 102 valence electrons. The predicted molar refractivity (Wildman–Crippen MR) is 71.5 cm³/mol. The minimum absolute atomic E-state index is 0.145. The zero-order valence-electron chi connectivity index (χ0n) is 10.5. The summed E-state index contributed by atoms with van der Waals surface area (Å²) < 4.78 is 33.0. The molecule has 0 aliphatic heterocycles. The van der Waals surface area contributed by atoms with Crippen LogP contribution in [0.4, 0.5) is 5.69 Å². The zero-order chi connectivity index (χ0) is 13.6. The summed E-state index contributed by atoms with van der Waals surface area (Å²) in [5.41, 5.74) is 6.21. The summed E-state index contributed by atoms with van der Waals surface area (Å²) in [5, 5.41) is 0. The van der Waals surface area contributed by atoms with E-state index in [0.29, 0.717) is 11.4 Å². The number of nitrogen functional groups attached to an aromatic ring is 1. The van der Waals surface area contributed by atoms with Crippen molar-refractivity contribution in [2.45, 2.75) is 19.9 Å². The van der Waals surface area contributed by atoms with Gasteiger partial charge in [-0.3, -0.25) is 0 Å². The van der Waals surface area contributed by atoms with Gasteiger partial charge in [0.05, 0.1) is 5.69 Å². The maximum Gasteiger partial charge on any atom is 0.277 e. The van der Waals surface area contributed by atoms with E-state index in [9.17, 15) is 8.42 Å². The monoisotopic (exact) mass is 273 g/mol. The second-order valence-corrected chi connectivity index (χ2v) is 5.59. The summed E-state index contributed by atoms with van der Waals surface area (Å²) >= 11 is 0. The molecule has 18 heavy (non-hydrogen) atoms. The van der Waals surface area contributed by atoms with E-state index in [4.69, 9.17) is 10.5 Å².